The number of methoxy groups -OCH3 is 1. The molecule has 0 radical (unpaired) electrons. The Morgan fingerprint density at radius 1 is 1.17 bits per heavy atom. The third-order valence-corrected chi connectivity index (χ3v) is 4.74. The number of benzene rings is 2. The summed E-state index contributed by atoms with van der Waals surface area (Å²) in [4.78, 5) is -0.666. The minimum atomic E-state index is -4.05. The molecule has 8 heteroatoms. The van der Waals surface area contributed by atoms with Crippen LogP contribution in [0.1, 0.15) is 0 Å². The summed E-state index contributed by atoms with van der Waals surface area (Å²) in [6.07, 6.45) is 0.923. The number of hydrogen-bond acceptors (Lipinski definition) is 5. The van der Waals surface area contributed by atoms with Crippen LogP contribution in [0.25, 0.3) is 0 Å². The minimum absolute atomic E-state index is 0.0943. The summed E-state index contributed by atoms with van der Waals surface area (Å²) in [7, 11) is -2.61. The fourth-order valence-corrected chi connectivity index (χ4v) is 2.87. The molecule has 0 atom stereocenters. The van der Waals surface area contributed by atoms with Gasteiger partial charge in [0.2, 0.25) is 9.84 Å². The number of nitrogens with one attached hydrogen (secondary N) is 1. The van der Waals surface area contributed by atoms with Gasteiger partial charge in [0.15, 0.2) is 16.5 Å². The summed E-state index contributed by atoms with van der Waals surface area (Å²) in [6, 6.07) is 10.0. The van der Waals surface area contributed by atoms with Gasteiger partial charge in [0.05, 0.1) is 12.0 Å². The Morgan fingerprint density at radius 2 is 1.83 bits per heavy atom. The molecular formula is C16H12F2N2O3S. The molecule has 1 N–H and O–H groups in total. The van der Waals surface area contributed by atoms with Crippen LogP contribution >= 0.6 is 0 Å². The molecule has 0 aliphatic rings. The summed E-state index contributed by atoms with van der Waals surface area (Å²) in [6.45, 7) is 0. The van der Waals surface area contributed by atoms with Gasteiger partial charge in [-0.25, -0.2) is 17.2 Å². The molecule has 2 aromatic rings. The zero-order valence-electron chi connectivity index (χ0n) is 12.5. The number of anilines is 1. The summed E-state index contributed by atoms with van der Waals surface area (Å²) in [5.41, 5.74) is 0.103. The number of ether oxygens (including phenoxy) is 1. The SMILES string of the molecule is COc1ccc(S(=O)(=O)C(C#N)=CNc2ccc(F)c(F)c2)cc1. The van der Waals surface area contributed by atoms with Gasteiger partial charge in [0, 0.05) is 18.0 Å². The second-order valence-corrected chi connectivity index (χ2v) is 6.49. The second kappa shape index (κ2) is 7.10. The lowest BCUT2D eigenvalue weighted by Crippen LogP contribution is -2.06. The third-order valence-electron chi connectivity index (χ3n) is 3.06. The standard InChI is InChI=1S/C16H12F2N2O3S/c1-23-12-3-5-13(6-4-12)24(21,22)14(9-19)10-20-11-2-7-15(17)16(18)8-11/h2-8,10,20H,1H3. The number of allylic oxidation sites excluding steroid dienone is 1. The van der Waals surface area contributed by atoms with Crippen molar-refractivity contribution in [3.63, 3.8) is 0 Å². The Kier molecular flexibility index (Phi) is 5.16. The summed E-state index contributed by atoms with van der Waals surface area (Å²) in [5, 5.41) is 11.6. The highest BCUT2D eigenvalue weighted by molar-refractivity contribution is 7.95. The Labute approximate surface area is 137 Å². The van der Waals surface area contributed by atoms with Crippen LogP contribution in [0.3, 0.4) is 0 Å². The van der Waals surface area contributed by atoms with E-state index in [4.69, 9.17) is 10.00 Å². The summed E-state index contributed by atoms with van der Waals surface area (Å²) < 4.78 is 55.7. The predicted molar refractivity (Wildman–Crippen MR) is 83.9 cm³/mol. The number of sulfone groups is 1. The van der Waals surface area contributed by atoms with Crippen LogP contribution in [-0.2, 0) is 9.84 Å². The molecule has 0 fully saturated rings. The lowest BCUT2D eigenvalue weighted by molar-refractivity contribution is 0.414. The van der Waals surface area contributed by atoms with Crippen molar-refractivity contribution in [1.29, 1.82) is 5.26 Å². The molecule has 2 rings (SSSR count). The Morgan fingerprint density at radius 3 is 2.38 bits per heavy atom. The van der Waals surface area contributed by atoms with Gasteiger partial charge in [-0.2, -0.15) is 5.26 Å². The van der Waals surface area contributed by atoms with E-state index in [1.807, 2.05) is 0 Å². The lowest BCUT2D eigenvalue weighted by atomic mass is 10.3. The van der Waals surface area contributed by atoms with E-state index in [9.17, 15) is 17.2 Å². The molecule has 0 bridgehead atoms. The van der Waals surface area contributed by atoms with E-state index >= 15 is 0 Å². The molecule has 0 unspecified atom stereocenters. The van der Waals surface area contributed by atoms with E-state index in [0.717, 1.165) is 18.3 Å². The van der Waals surface area contributed by atoms with E-state index < -0.39 is 26.4 Å². The smallest absolute Gasteiger partial charge is 0.218 e. The number of nitrogens with zero attached hydrogens (tertiary/aromatic N) is 1. The maximum absolute atomic E-state index is 13.1. The zero-order valence-corrected chi connectivity index (χ0v) is 13.3. The van der Waals surface area contributed by atoms with Crippen molar-refractivity contribution in [1.82, 2.24) is 0 Å². The van der Waals surface area contributed by atoms with E-state index in [-0.39, 0.29) is 10.6 Å². The van der Waals surface area contributed by atoms with E-state index in [1.165, 1.54) is 37.4 Å². The maximum atomic E-state index is 13.1. The van der Waals surface area contributed by atoms with Gasteiger partial charge in [-0.1, -0.05) is 0 Å². The fraction of sp³-hybridized carbons (Fsp3) is 0.0625. The van der Waals surface area contributed by atoms with Crippen molar-refractivity contribution >= 4 is 15.5 Å². The highest BCUT2D eigenvalue weighted by Crippen LogP contribution is 2.22. The van der Waals surface area contributed by atoms with Crippen LogP contribution in [0.15, 0.2) is 58.5 Å². The first-order valence-corrected chi connectivity index (χ1v) is 8.08. The van der Waals surface area contributed by atoms with Gasteiger partial charge in [-0.15, -0.1) is 0 Å². The molecule has 24 heavy (non-hydrogen) atoms. The zero-order chi connectivity index (χ0) is 17.7. The maximum Gasteiger partial charge on any atom is 0.218 e. The van der Waals surface area contributed by atoms with Crippen molar-refractivity contribution in [3.05, 3.63) is 65.2 Å². The number of nitriles is 1. The number of hydrogen-bond donors (Lipinski definition) is 1. The largest absolute Gasteiger partial charge is 0.497 e. The molecule has 124 valence electrons. The molecule has 0 aliphatic heterocycles. The van der Waals surface area contributed by atoms with Crippen LogP contribution in [0.2, 0.25) is 0 Å². The molecule has 0 saturated carbocycles. The Hall–Kier alpha value is -2.92. The van der Waals surface area contributed by atoms with E-state index in [1.54, 1.807) is 6.07 Å². The molecular weight excluding hydrogens is 338 g/mol. The quantitative estimate of drug-likeness (QED) is 0.838. The molecule has 5 nitrogen and oxygen atoms in total. The van der Waals surface area contributed by atoms with Gasteiger partial charge >= 0.3 is 0 Å². The molecule has 2 aromatic carbocycles. The first-order chi connectivity index (χ1) is 11.4. The summed E-state index contributed by atoms with van der Waals surface area (Å²) in [5.74, 6) is -1.66. The van der Waals surface area contributed by atoms with Crippen LogP contribution in [-0.4, -0.2) is 15.5 Å². The van der Waals surface area contributed by atoms with Crippen molar-refractivity contribution in [2.24, 2.45) is 0 Å². The third kappa shape index (κ3) is 3.70. The first kappa shape index (κ1) is 17.4. The normalized spacial score (nSPS) is 11.7. The minimum Gasteiger partial charge on any atom is -0.497 e. The van der Waals surface area contributed by atoms with Gasteiger partial charge in [-0.05, 0) is 36.4 Å². The molecule has 0 spiro atoms. The second-order valence-electron chi connectivity index (χ2n) is 4.57. The van der Waals surface area contributed by atoms with Gasteiger partial charge < -0.3 is 10.1 Å². The topological polar surface area (TPSA) is 79.2 Å². The van der Waals surface area contributed by atoms with Crippen LogP contribution in [0.5, 0.6) is 5.75 Å². The van der Waals surface area contributed by atoms with Gasteiger partial charge in [0.1, 0.15) is 11.8 Å². The summed E-state index contributed by atoms with van der Waals surface area (Å²) >= 11 is 0. The van der Waals surface area contributed by atoms with Crippen LogP contribution < -0.4 is 10.1 Å². The molecule has 0 heterocycles. The van der Waals surface area contributed by atoms with Gasteiger partial charge in [-0.3, -0.25) is 0 Å². The van der Waals surface area contributed by atoms with Crippen molar-refractivity contribution < 1.29 is 21.9 Å². The van der Waals surface area contributed by atoms with Crippen LogP contribution in [0.4, 0.5) is 14.5 Å². The van der Waals surface area contributed by atoms with Crippen molar-refractivity contribution in [2.75, 3.05) is 12.4 Å². The van der Waals surface area contributed by atoms with Crippen molar-refractivity contribution in [2.45, 2.75) is 4.90 Å². The van der Waals surface area contributed by atoms with E-state index in [0.29, 0.717) is 5.75 Å². The lowest BCUT2D eigenvalue weighted by Gasteiger charge is -2.06. The Bertz CT molecular complexity index is 917. The molecule has 0 amide bonds. The molecule has 0 aromatic heterocycles. The van der Waals surface area contributed by atoms with Crippen LogP contribution in [0, 0.1) is 23.0 Å². The van der Waals surface area contributed by atoms with Gasteiger partial charge in [0.25, 0.3) is 0 Å². The number of rotatable bonds is 5. The monoisotopic (exact) mass is 350 g/mol. The van der Waals surface area contributed by atoms with E-state index in [2.05, 4.69) is 5.32 Å². The van der Waals surface area contributed by atoms with Crippen molar-refractivity contribution in [3.8, 4) is 11.8 Å². The highest BCUT2D eigenvalue weighted by Gasteiger charge is 2.20. The highest BCUT2D eigenvalue weighted by atomic mass is 32.2. The Balaban J connectivity index is 2.31. The molecule has 0 saturated heterocycles. The fourth-order valence-electron chi connectivity index (χ4n) is 1.79. The first-order valence-electron chi connectivity index (χ1n) is 6.59. The average molecular weight is 350 g/mol. The number of halogens is 2. The predicted octanol–water partition coefficient (Wildman–Crippen LogP) is 3.22. The average Bonchev–Trinajstić information content (AvgIpc) is 2.58. The molecule has 0 aliphatic carbocycles.